The van der Waals surface area contributed by atoms with Gasteiger partial charge in [0.15, 0.2) is 5.11 Å². The Morgan fingerprint density at radius 1 is 1.16 bits per heavy atom. The van der Waals surface area contributed by atoms with Gasteiger partial charge in [0.2, 0.25) is 11.7 Å². The molecule has 0 atom stereocenters. The standard InChI is InChI=1S/C18H17ClN4OS/c1-11-6-7-15(8-12(11)2)21-18(25)20-10-16-22-17(23-24-16)13-4-3-5-14(19)9-13/h3-9H,10H2,1-2H3,(H2,20,21,25). The zero-order valence-corrected chi connectivity index (χ0v) is 15.4. The molecule has 0 radical (unpaired) electrons. The predicted octanol–water partition coefficient (Wildman–Crippen LogP) is 4.49. The zero-order chi connectivity index (χ0) is 17.8. The van der Waals surface area contributed by atoms with Gasteiger partial charge in [0.25, 0.3) is 0 Å². The van der Waals surface area contributed by atoms with Gasteiger partial charge in [0.1, 0.15) is 0 Å². The Morgan fingerprint density at radius 3 is 2.76 bits per heavy atom. The summed E-state index contributed by atoms with van der Waals surface area (Å²) in [6.07, 6.45) is 0. The number of aromatic nitrogens is 2. The fraction of sp³-hybridized carbons (Fsp3) is 0.167. The molecule has 1 heterocycles. The quantitative estimate of drug-likeness (QED) is 0.658. The van der Waals surface area contributed by atoms with E-state index in [1.807, 2.05) is 24.3 Å². The Bertz CT molecular complexity index is 910. The molecule has 0 spiro atoms. The molecule has 2 N–H and O–H groups in total. The molecule has 3 aromatic rings. The second-order valence-corrected chi connectivity index (χ2v) is 6.47. The molecule has 0 aliphatic rings. The van der Waals surface area contributed by atoms with E-state index in [1.165, 1.54) is 11.1 Å². The second-order valence-electron chi connectivity index (χ2n) is 5.63. The number of benzene rings is 2. The lowest BCUT2D eigenvalue weighted by molar-refractivity contribution is 0.376. The van der Waals surface area contributed by atoms with E-state index in [1.54, 1.807) is 12.1 Å². The summed E-state index contributed by atoms with van der Waals surface area (Å²) in [6, 6.07) is 13.4. The highest BCUT2D eigenvalue weighted by Gasteiger charge is 2.09. The van der Waals surface area contributed by atoms with Crippen molar-refractivity contribution >= 4 is 34.6 Å². The first-order valence-corrected chi connectivity index (χ1v) is 8.50. The van der Waals surface area contributed by atoms with Gasteiger partial charge in [-0.05, 0) is 61.5 Å². The van der Waals surface area contributed by atoms with Crippen LogP contribution in [-0.4, -0.2) is 15.3 Å². The number of rotatable bonds is 4. The molecular weight excluding hydrogens is 356 g/mol. The molecule has 25 heavy (non-hydrogen) atoms. The van der Waals surface area contributed by atoms with Gasteiger partial charge in [0.05, 0.1) is 6.54 Å². The van der Waals surface area contributed by atoms with E-state index in [2.05, 4.69) is 40.7 Å². The average Bonchev–Trinajstić information content (AvgIpc) is 3.05. The van der Waals surface area contributed by atoms with Crippen LogP contribution < -0.4 is 10.6 Å². The summed E-state index contributed by atoms with van der Waals surface area (Å²) >= 11 is 11.3. The number of nitrogens with one attached hydrogen (secondary N) is 2. The minimum absolute atomic E-state index is 0.338. The van der Waals surface area contributed by atoms with E-state index >= 15 is 0 Å². The first-order chi connectivity index (χ1) is 12.0. The van der Waals surface area contributed by atoms with Crippen LogP contribution in [0.4, 0.5) is 5.69 Å². The van der Waals surface area contributed by atoms with Crippen LogP contribution in [0.1, 0.15) is 17.0 Å². The van der Waals surface area contributed by atoms with Crippen LogP contribution in [0, 0.1) is 13.8 Å². The maximum Gasteiger partial charge on any atom is 0.246 e. The van der Waals surface area contributed by atoms with Crippen LogP contribution in [0.25, 0.3) is 11.4 Å². The first-order valence-electron chi connectivity index (χ1n) is 7.72. The van der Waals surface area contributed by atoms with Crippen molar-refractivity contribution in [1.82, 2.24) is 15.5 Å². The van der Waals surface area contributed by atoms with Crippen molar-refractivity contribution in [2.45, 2.75) is 20.4 Å². The third kappa shape index (κ3) is 4.55. The largest absolute Gasteiger partial charge is 0.353 e. The maximum absolute atomic E-state index is 5.98. The number of hydrogen-bond acceptors (Lipinski definition) is 4. The van der Waals surface area contributed by atoms with Gasteiger partial charge in [-0.2, -0.15) is 4.98 Å². The third-order valence-electron chi connectivity index (χ3n) is 3.72. The van der Waals surface area contributed by atoms with Crippen molar-refractivity contribution in [3.8, 4) is 11.4 Å². The van der Waals surface area contributed by atoms with E-state index in [4.69, 9.17) is 28.3 Å². The fourth-order valence-corrected chi connectivity index (χ4v) is 2.60. The highest BCUT2D eigenvalue weighted by Crippen LogP contribution is 2.20. The van der Waals surface area contributed by atoms with Crippen LogP contribution in [-0.2, 0) is 6.54 Å². The number of halogens is 1. The number of anilines is 1. The molecule has 0 fully saturated rings. The van der Waals surface area contributed by atoms with Crippen molar-refractivity contribution in [1.29, 1.82) is 0 Å². The summed E-state index contributed by atoms with van der Waals surface area (Å²) in [7, 11) is 0. The molecule has 0 unspecified atom stereocenters. The Labute approximate surface area is 156 Å². The molecule has 0 saturated heterocycles. The van der Waals surface area contributed by atoms with Gasteiger partial charge in [-0.1, -0.05) is 35.0 Å². The minimum atomic E-state index is 0.338. The van der Waals surface area contributed by atoms with Crippen molar-refractivity contribution < 1.29 is 4.52 Å². The third-order valence-corrected chi connectivity index (χ3v) is 4.20. The monoisotopic (exact) mass is 372 g/mol. The normalized spacial score (nSPS) is 10.5. The van der Waals surface area contributed by atoms with Crippen molar-refractivity contribution in [3.05, 3.63) is 64.5 Å². The Morgan fingerprint density at radius 2 is 2.00 bits per heavy atom. The Kier molecular flexibility index (Phi) is 5.31. The summed E-state index contributed by atoms with van der Waals surface area (Å²) in [5.74, 6) is 0.937. The van der Waals surface area contributed by atoms with Gasteiger partial charge in [-0.15, -0.1) is 0 Å². The number of aryl methyl sites for hydroxylation is 2. The summed E-state index contributed by atoms with van der Waals surface area (Å²) in [4.78, 5) is 4.34. The summed E-state index contributed by atoms with van der Waals surface area (Å²) in [5.41, 5.74) is 4.18. The molecule has 2 aromatic carbocycles. The average molecular weight is 373 g/mol. The van der Waals surface area contributed by atoms with Crippen molar-refractivity contribution in [2.75, 3.05) is 5.32 Å². The summed E-state index contributed by atoms with van der Waals surface area (Å²) < 4.78 is 5.24. The molecule has 5 nitrogen and oxygen atoms in total. The first kappa shape index (κ1) is 17.4. The van der Waals surface area contributed by atoms with E-state index in [9.17, 15) is 0 Å². The van der Waals surface area contributed by atoms with E-state index in [0.717, 1.165) is 11.3 Å². The number of thiocarbonyl (C=S) groups is 1. The van der Waals surface area contributed by atoms with E-state index < -0.39 is 0 Å². The lowest BCUT2D eigenvalue weighted by atomic mass is 10.1. The van der Waals surface area contributed by atoms with Gasteiger partial charge in [-0.3, -0.25) is 0 Å². The van der Waals surface area contributed by atoms with Crippen molar-refractivity contribution in [3.63, 3.8) is 0 Å². The zero-order valence-electron chi connectivity index (χ0n) is 13.8. The number of nitrogens with zero attached hydrogens (tertiary/aromatic N) is 2. The fourth-order valence-electron chi connectivity index (χ4n) is 2.22. The van der Waals surface area contributed by atoms with Crippen LogP contribution in [0.15, 0.2) is 47.0 Å². The molecular formula is C18H17ClN4OS. The van der Waals surface area contributed by atoms with Crippen LogP contribution in [0.3, 0.4) is 0 Å². The molecule has 0 amide bonds. The van der Waals surface area contributed by atoms with Crippen LogP contribution in [0.5, 0.6) is 0 Å². The van der Waals surface area contributed by atoms with Crippen LogP contribution in [0.2, 0.25) is 5.02 Å². The molecule has 0 bridgehead atoms. The Hall–Kier alpha value is -2.44. The Balaban J connectivity index is 1.58. The number of hydrogen-bond donors (Lipinski definition) is 2. The minimum Gasteiger partial charge on any atom is -0.353 e. The van der Waals surface area contributed by atoms with Gasteiger partial charge in [0, 0.05) is 16.3 Å². The molecule has 7 heteroatoms. The molecule has 1 aromatic heterocycles. The summed E-state index contributed by atoms with van der Waals surface area (Å²) in [6.45, 7) is 4.47. The molecule has 0 aliphatic heterocycles. The second kappa shape index (κ2) is 7.63. The molecule has 3 rings (SSSR count). The lowest BCUT2D eigenvalue weighted by Crippen LogP contribution is -2.28. The van der Waals surface area contributed by atoms with Gasteiger partial charge >= 0.3 is 0 Å². The van der Waals surface area contributed by atoms with Gasteiger partial charge in [-0.25, -0.2) is 0 Å². The molecule has 0 saturated carbocycles. The maximum atomic E-state index is 5.98. The lowest BCUT2D eigenvalue weighted by Gasteiger charge is -2.10. The van der Waals surface area contributed by atoms with E-state index in [0.29, 0.717) is 28.4 Å². The highest BCUT2D eigenvalue weighted by molar-refractivity contribution is 7.80. The van der Waals surface area contributed by atoms with Gasteiger partial charge < -0.3 is 15.2 Å². The SMILES string of the molecule is Cc1ccc(NC(=S)NCc2nc(-c3cccc(Cl)c3)no2)cc1C. The topological polar surface area (TPSA) is 63.0 Å². The van der Waals surface area contributed by atoms with Crippen LogP contribution >= 0.6 is 23.8 Å². The molecule has 0 aliphatic carbocycles. The highest BCUT2D eigenvalue weighted by atomic mass is 35.5. The predicted molar refractivity (Wildman–Crippen MR) is 104 cm³/mol. The van der Waals surface area contributed by atoms with Crippen molar-refractivity contribution in [2.24, 2.45) is 0 Å². The smallest absolute Gasteiger partial charge is 0.246 e. The molecule has 128 valence electrons. The van der Waals surface area contributed by atoms with E-state index in [-0.39, 0.29) is 0 Å². The summed E-state index contributed by atoms with van der Waals surface area (Å²) in [5, 5.41) is 11.3.